The lowest BCUT2D eigenvalue weighted by Crippen LogP contribution is -2.23. The summed E-state index contributed by atoms with van der Waals surface area (Å²) in [5, 5.41) is 8.91. The Morgan fingerprint density at radius 3 is 2.42 bits per heavy atom. The quantitative estimate of drug-likeness (QED) is 0.429. The monoisotopic (exact) mass is 447 g/mol. The number of hydrogen-bond donors (Lipinski definition) is 1. The third kappa shape index (κ3) is 8.49. The number of carbonyl (C=O) groups is 2. The molecule has 0 saturated carbocycles. The Morgan fingerprint density at radius 1 is 1.06 bits per heavy atom. The van der Waals surface area contributed by atoms with Crippen LogP contribution in [0.1, 0.15) is 68.1 Å². The largest absolute Gasteiger partial charge is 0.478 e. The molecule has 0 aliphatic heterocycles. The highest BCUT2D eigenvalue weighted by atomic mass is 32.2. The lowest BCUT2D eigenvalue weighted by atomic mass is 10.1. The van der Waals surface area contributed by atoms with Gasteiger partial charge in [0.2, 0.25) is 0 Å². The summed E-state index contributed by atoms with van der Waals surface area (Å²) in [6, 6.07) is 9.56. The molecule has 0 aliphatic rings. The van der Waals surface area contributed by atoms with E-state index in [-0.39, 0.29) is 27.9 Å². The van der Waals surface area contributed by atoms with Crippen LogP contribution in [-0.2, 0) is 31.5 Å². The van der Waals surface area contributed by atoms with E-state index in [1.54, 1.807) is 18.2 Å². The van der Waals surface area contributed by atoms with E-state index in [1.165, 1.54) is 12.1 Å². The molecule has 1 aromatic heterocycles. The zero-order valence-electron chi connectivity index (χ0n) is 18.1. The van der Waals surface area contributed by atoms with Crippen LogP contribution in [0.5, 0.6) is 0 Å². The molecule has 2 aromatic rings. The third-order valence-corrected chi connectivity index (χ3v) is 6.08. The number of carbonyl (C=O) groups excluding carboxylic acids is 1. The van der Waals surface area contributed by atoms with Gasteiger partial charge in [-0.2, -0.15) is 0 Å². The van der Waals surface area contributed by atoms with Gasteiger partial charge in [0.15, 0.2) is 9.84 Å². The van der Waals surface area contributed by atoms with Crippen molar-refractivity contribution in [1.29, 1.82) is 0 Å². The number of benzene rings is 1. The number of aryl methyl sites for hydroxylation is 1. The second-order valence-corrected chi connectivity index (χ2v) is 10.4. The van der Waals surface area contributed by atoms with Crippen molar-refractivity contribution in [3.63, 3.8) is 0 Å². The molecule has 0 saturated heterocycles. The van der Waals surface area contributed by atoms with Gasteiger partial charge in [-0.15, -0.1) is 0 Å². The van der Waals surface area contributed by atoms with E-state index in [1.807, 2.05) is 26.8 Å². The smallest absolute Gasteiger partial charge is 0.337 e. The van der Waals surface area contributed by atoms with Crippen LogP contribution < -0.4 is 0 Å². The first-order valence-electron chi connectivity index (χ1n) is 10.2. The molecule has 0 amide bonds. The van der Waals surface area contributed by atoms with Gasteiger partial charge in [-0.3, -0.25) is 9.78 Å². The van der Waals surface area contributed by atoms with Gasteiger partial charge in [0.25, 0.3) is 0 Å². The number of sulfone groups is 1. The number of hydrogen-bond acceptors (Lipinski definition) is 6. The summed E-state index contributed by atoms with van der Waals surface area (Å²) < 4.78 is 30.7. The van der Waals surface area contributed by atoms with Gasteiger partial charge < -0.3 is 9.84 Å². The highest BCUT2D eigenvalue weighted by Gasteiger charge is 2.18. The van der Waals surface area contributed by atoms with Crippen LogP contribution >= 0.6 is 0 Å². The average molecular weight is 448 g/mol. The van der Waals surface area contributed by atoms with Gasteiger partial charge in [0.1, 0.15) is 5.60 Å². The predicted molar refractivity (Wildman–Crippen MR) is 117 cm³/mol. The number of carboxylic acid groups (broad SMARTS) is 1. The zero-order chi connectivity index (χ0) is 23.1. The summed E-state index contributed by atoms with van der Waals surface area (Å²) >= 11 is 0. The molecule has 1 N–H and O–H groups in total. The first-order valence-corrected chi connectivity index (χ1v) is 11.8. The van der Waals surface area contributed by atoms with Crippen molar-refractivity contribution in [2.75, 3.05) is 0 Å². The van der Waals surface area contributed by atoms with Gasteiger partial charge in [-0.25, -0.2) is 13.2 Å². The van der Waals surface area contributed by atoms with Crippen molar-refractivity contribution in [1.82, 2.24) is 4.98 Å². The van der Waals surface area contributed by atoms with E-state index in [9.17, 15) is 18.0 Å². The standard InChI is InChI=1S/C23H29NO6S/c1-23(2,3)30-21(25)11-6-4-5-8-17-9-7-10-20(14-17)31(28,29)16-19-13-12-18(15-24-19)22(26)27/h7,9-10,12-15H,4-6,8,11,16H2,1-3H3,(H,26,27). The summed E-state index contributed by atoms with van der Waals surface area (Å²) in [5.74, 6) is -1.61. The molecular formula is C23H29NO6S. The molecule has 0 unspecified atom stereocenters. The van der Waals surface area contributed by atoms with Crippen molar-refractivity contribution in [2.24, 2.45) is 0 Å². The maximum absolute atomic E-state index is 12.7. The average Bonchev–Trinajstić information content (AvgIpc) is 2.66. The minimum absolute atomic E-state index is 0.00909. The summed E-state index contributed by atoms with van der Waals surface area (Å²) in [6.45, 7) is 5.52. The first kappa shape index (κ1) is 24.5. The normalized spacial score (nSPS) is 11.8. The topological polar surface area (TPSA) is 111 Å². The molecule has 0 fully saturated rings. The van der Waals surface area contributed by atoms with Gasteiger partial charge >= 0.3 is 11.9 Å². The molecule has 8 heteroatoms. The Morgan fingerprint density at radius 2 is 1.81 bits per heavy atom. The van der Waals surface area contributed by atoms with E-state index in [4.69, 9.17) is 9.84 Å². The van der Waals surface area contributed by atoms with Crippen molar-refractivity contribution in [2.45, 2.75) is 69.1 Å². The number of nitrogens with zero attached hydrogens (tertiary/aromatic N) is 1. The van der Waals surface area contributed by atoms with Gasteiger partial charge in [-0.05, 0) is 69.9 Å². The maximum atomic E-state index is 12.7. The molecule has 31 heavy (non-hydrogen) atoms. The molecular weight excluding hydrogens is 418 g/mol. The van der Waals surface area contributed by atoms with Crippen LogP contribution in [0.15, 0.2) is 47.5 Å². The van der Waals surface area contributed by atoms with Crippen molar-refractivity contribution in [3.8, 4) is 0 Å². The van der Waals surface area contributed by atoms with Crippen LogP contribution in [0, 0.1) is 0 Å². The second-order valence-electron chi connectivity index (χ2n) is 8.40. The molecule has 7 nitrogen and oxygen atoms in total. The van der Waals surface area contributed by atoms with E-state index in [0.717, 1.165) is 31.0 Å². The van der Waals surface area contributed by atoms with E-state index in [0.29, 0.717) is 12.8 Å². The molecule has 1 aromatic carbocycles. The van der Waals surface area contributed by atoms with Crippen molar-refractivity contribution >= 4 is 21.8 Å². The van der Waals surface area contributed by atoms with Gasteiger partial charge in [-0.1, -0.05) is 18.6 Å². The number of ether oxygens (including phenoxy) is 1. The van der Waals surface area contributed by atoms with Gasteiger partial charge in [0, 0.05) is 12.6 Å². The van der Waals surface area contributed by atoms with Crippen LogP contribution in [0.2, 0.25) is 0 Å². The molecule has 0 radical (unpaired) electrons. The molecule has 2 rings (SSSR count). The SMILES string of the molecule is CC(C)(C)OC(=O)CCCCCc1cccc(S(=O)(=O)Cc2ccc(C(=O)O)cn2)c1. The number of carboxylic acids is 1. The second kappa shape index (κ2) is 10.5. The molecule has 168 valence electrons. The summed E-state index contributed by atoms with van der Waals surface area (Å²) in [4.78, 5) is 26.8. The number of aromatic nitrogens is 1. The summed E-state index contributed by atoms with van der Waals surface area (Å²) in [6.07, 6.45) is 4.65. The fourth-order valence-corrected chi connectivity index (χ4v) is 4.32. The van der Waals surface area contributed by atoms with E-state index < -0.39 is 21.4 Å². The fraction of sp³-hybridized carbons (Fsp3) is 0.435. The maximum Gasteiger partial charge on any atom is 0.337 e. The number of unbranched alkanes of at least 4 members (excludes halogenated alkanes) is 2. The molecule has 0 atom stereocenters. The van der Waals surface area contributed by atoms with Crippen molar-refractivity contribution in [3.05, 3.63) is 59.4 Å². The lowest BCUT2D eigenvalue weighted by Gasteiger charge is -2.19. The van der Waals surface area contributed by atoms with Gasteiger partial charge in [0.05, 0.1) is 21.9 Å². The van der Waals surface area contributed by atoms with Crippen LogP contribution in [0.3, 0.4) is 0 Å². The Labute approximate surface area is 183 Å². The highest BCUT2D eigenvalue weighted by Crippen LogP contribution is 2.19. The summed E-state index contributed by atoms with van der Waals surface area (Å²) in [7, 11) is -3.60. The Kier molecular flexibility index (Phi) is 8.33. The first-order chi connectivity index (χ1) is 14.5. The number of esters is 1. The third-order valence-electron chi connectivity index (χ3n) is 4.43. The molecule has 0 bridgehead atoms. The Balaban J connectivity index is 1.89. The Bertz CT molecular complexity index is 1010. The highest BCUT2D eigenvalue weighted by molar-refractivity contribution is 7.90. The van der Waals surface area contributed by atoms with Crippen LogP contribution in [-0.4, -0.2) is 36.0 Å². The predicted octanol–water partition coefficient (Wildman–Crippen LogP) is 4.20. The van der Waals surface area contributed by atoms with Crippen molar-refractivity contribution < 1.29 is 27.9 Å². The van der Waals surface area contributed by atoms with Crippen LogP contribution in [0.4, 0.5) is 0 Å². The zero-order valence-corrected chi connectivity index (χ0v) is 18.9. The van der Waals surface area contributed by atoms with Crippen LogP contribution in [0.25, 0.3) is 0 Å². The molecule has 1 heterocycles. The Hall–Kier alpha value is -2.74. The minimum Gasteiger partial charge on any atom is -0.478 e. The number of aromatic carboxylic acids is 1. The molecule has 0 spiro atoms. The lowest BCUT2D eigenvalue weighted by molar-refractivity contribution is -0.154. The van der Waals surface area contributed by atoms with E-state index >= 15 is 0 Å². The van der Waals surface area contributed by atoms with E-state index in [2.05, 4.69) is 4.98 Å². The fourth-order valence-electron chi connectivity index (χ4n) is 2.98. The number of rotatable bonds is 10. The minimum atomic E-state index is -3.60. The molecule has 0 aliphatic carbocycles. The number of pyridine rings is 1. The summed E-state index contributed by atoms with van der Waals surface area (Å²) in [5.41, 5.74) is 0.733.